The van der Waals surface area contributed by atoms with Gasteiger partial charge in [-0.05, 0) is 27.2 Å². The molecule has 0 aliphatic heterocycles. The Morgan fingerprint density at radius 1 is 1.50 bits per heavy atom. The Hall–Kier alpha value is -0.640. The second kappa shape index (κ2) is 5.62. The lowest BCUT2D eigenvalue weighted by Crippen LogP contribution is -2.44. The molecule has 0 spiro atoms. The standard InChI is InChI=1S/C11H17ClF2O2/c1-5-6-11(7-12,8(13)14)9(15)16-10(2,3)4/h5,8H,1,6-7H2,2-4H3. The largest absolute Gasteiger partial charge is 0.459 e. The van der Waals surface area contributed by atoms with E-state index in [4.69, 9.17) is 16.3 Å². The minimum Gasteiger partial charge on any atom is -0.459 e. The molecule has 2 nitrogen and oxygen atoms in total. The highest BCUT2D eigenvalue weighted by molar-refractivity contribution is 6.19. The SMILES string of the molecule is C=CCC(CCl)(C(=O)OC(C)(C)C)C(F)F. The van der Waals surface area contributed by atoms with E-state index in [1.165, 1.54) is 6.08 Å². The Morgan fingerprint density at radius 2 is 2.00 bits per heavy atom. The zero-order valence-corrected chi connectivity index (χ0v) is 10.5. The van der Waals surface area contributed by atoms with E-state index in [0.717, 1.165) is 0 Å². The average Bonchev–Trinajstić information content (AvgIpc) is 2.10. The van der Waals surface area contributed by atoms with E-state index in [2.05, 4.69) is 6.58 Å². The van der Waals surface area contributed by atoms with Gasteiger partial charge >= 0.3 is 5.97 Å². The van der Waals surface area contributed by atoms with Gasteiger partial charge in [0.1, 0.15) is 11.0 Å². The average molecular weight is 255 g/mol. The highest BCUT2D eigenvalue weighted by atomic mass is 35.5. The number of rotatable bonds is 5. The number of carbonyl (C=O) groups is 1. The van der Waals surface area contributed by atoms with E-state index < -0.39 is 29.3 Å². The molecule has 0 saturated heterocycles. The fourth-order valence-electron chi connectivity index (χ4n) is 1.07. The van der Waals surface area contributed by atoms with Crippen molar-refractivity contribution in [3.63, 3.8) is 0 Å². The summed E-state index contributed by atoms with van der Waals surface area (Å²) in [6.45, 7) is 8.20. The minimum atomic E-state index is -2.88. The molecule has 0 aromatic rings. The third-order valence-electron chi connectivity index (χ3n) is 1.97. The molecule has 0 aromatic heterocycles. The number of hydrogen-bond donors (Lipinski definition) is 0. The number of carbonyl (C=O) groups excluding carboxylic acids is 1. The van der Waals surface area contributed by atoms with Gasteiger partial charge in [-0.3, -0.25) is 4.79 Å². The second-order valence-electron chi connectivity index (χ2n) is 4.59. The van der Waals surface area contributed by atoms with Crippen molar-refractivity contribution in [2.75, 3.05) is 5.88 Å². The number of esters is 1. The summed E-state index contributed by atoms with van der Waals surface area (Å²) < 4.78 is 30.8. The molecule has 1 unspecified atom stereocenters. The molecule has 0 amide bonds. The summed E-state index contributed by atoms with van der Waals surface area (Å²) in [6, 6.07) is 0. The van der Waals surface area contributed by atoms with Crippen LogP contribution in [0.1, 0.15) is 27.2 Å². The number of halogens is 3. The van der Waals surface area contributed by atoms with E-state index in [0.29, 0.717) is 0 Å². The lowest BCUT2D eigenvalue weighted by Gasteiger charge is -2.31. The van der Waals surface area contributed by atoms with E-state index in [1.54, 1.807) is 20.8 Å². The molecule has 0 aliphatic rings. The van der Waals surface area contributed by atoms with Crippen LogP contribution in [0, 0.1) is 5.41 Å². The Morgan fingerprint density at radius 3 is 2.25 bits per heavy atom. The summed E-state index contributed by atoms with van der Waals surface area (Å²) in [7, 11) is 0. The first-order valence-corrected chi connectivity index (χ1v) is 5.41. The maximum Gasteiger partial charge on any atom is 0.319 e. The van der Waals surface area contributed by atoms with E-state index in [9.17, 15) is 13.6 Å². The van der Waals surface area contributed by atoms with Crippen molar-refractivity contribution in [3.05, 3.63) is 12.7 Å². The number of allylic oxidation sites excluding steroid dienone is 1. The van der Waals surface area contributed by atoms with Crippen molar-refractivity contribution >= 4 is 17.6 Å². The molecule has 0 saturated carbocycles. The van der Waals surface area contributed by atoms with Crippen molar-refractivity contribution in [2.24, 2.45) is 5.41 Å². The molecule has 0 aromatic carbocycles. The predicted octanol–water partition coefficient (Wildman–Crippen LogP) is 3.39. The molecule has 0 rings (SSSR count). The predicted molar refractivity (Wildman–Crippen MR) is 59.8 cm³/mol. The molecule has 0 N–H and O–H groups in total. The molecular weight excluding hydrogens is 238 g/mol. The summed E-state index contributed by atoms with van der Waals surface area (Å²) in [5.74, 6) is -1.48. The van der Waals surface area contributed by atoms with Crippen LogP contribution in [0.4, 0.5) is 8.78 Å². The molecule has 0 aliphatic carbocycles. The Balaban J connectivity index is 5.02. The molecule has 0 fully saturated rings. The van der Waals surface area contributed by atoms with Crippen LogP contribution in [0.15, 0.2) is 12.7 Å². The van der Waals surface area contributed by atoms with Gasteiger partial charge in [0.15, 0.2) is 0 Å². The molecule has 0 heterocycles. The summed E-state index contributed by atoms with van der Waals surface area (Å²) in [5, 5.41) is 0. The van der Waals surface area contributed by atoms with Gasteiger partial charge in [-0.25, -0.2) is 8.78 Å². The molecule has 0 radical (unpaired) electrons. The van der Waals surface area contributed by atoms with Crippen molar-refractivity contribution in [2.45, 2.75) is 39.2 Å². The van der Waals surface area contributed by atoms with Crippen LogP contribution < -0.4 is 0 Å². The smallest absolute Gasteiger partial charge is 0.319 e. The molecule has 5 heteroatoms. The molecule has 1 atom stereocenters. The Labute approximate surface area is 99.6 Å². The van der Waals surface area contributed by atoms with Gasteiger partial charge in [-0.2, -0.15) is 0 Å². The minimum absolute atomic E-state index is 0.205. The van der Waals surface area contributed by atoms with Crippen LogP contribution in [0.2, 0.25) is 0 Å². The van der Waals surface area contributed by atoms with Gasteiger partial charge in [0.2, 0.25) is 0 Å². The van der Waals surface area contributed by atoms with E-state index in [-0.39, 0.29) is 6.42 Å². The molecular formula is C11H17ClF2O2. The van der Waals surface area contributed by atoms with Crippen LogP contribution >= 0.6 is 11.6 Å². The third kappa shape index (κ3) is 3.74. The van der Waals surface area contributed by atoms with Crippen LogP contribution in [0.25, 0.3) is 0 Å². The molecule has 16 heavy (non-hydrogen) atoms. The van der Waals surface area contributed by atoms with Crippen LogP contribution in [0.5, 0.6) is 0 Å². The van der Waals surface area contributed by atoms with Gasteiger partial charge < -0.3 is 4.74 Å². The third-order valence-corrected chi connectivity index (χ3v) is 2.45. The number of ether oxygens (including phenoxy) is 1. The summed E-state index contributed by atoms with van der Waals surface area (Å²) in [6.07, 6.45) is -1.83. The van der Waals surface area contributed by atoms with Crippen LogP contribution in [-0.4, -0.2) is 23.9 Å². The number of alkyl halides is 3. The first kappa shape index (κ1) is 15.4. The Bertz CT molecular complexity index is 261. The zero-order valence-electron chi connectivity index (χ0n) is 9.73. The van der Waals surface area contributed by atoms with Crippen molar-refractivity contribution < 1.29 is 18.3 Å². The quantitative estimate of drug-likeness (QED) is 0.427. The Kier molecular flexibility index (Phi) is 5.39. The van der Waals surface area contributed by atoms with Crippen LogP contribution in [0.3, 0.4) is 0 Å². The maximum atomic E-state index is 12.9. The highest BCUT2D eigenvalue weighted by Gasteiger charge is 2.48. The van der Waals surface area contributed by atoms with Crippen molar-refractivity contribution in [1.29, 1.82) is 0 Å². The molecule has 94 valence electrons. The van der Waals surface area contributed by atoms with Gasteiger partial charge in [-0.1, -0.05) is 6.08 Å². The fourth-order valence-corrected chi connectivity index (χ4v) is 1.40. The van der Waals surface area contributed by atoms with E-state index >= 15 is 0 Å². The normalized spacial score (nSPS) is 15.7. The summed E-state index contributed by atoms with van der Waals surface area (Å²) >= 11 is 5.49. The molecule has 0 bridgehead atoms. The fraction of sp³-hybridized carbons (Fsp3) is 0.727. The van der Waals surface area contributed by atoms with E-state index in [1.807, 2.05) is 0 Å². The lowest BCUT2D eigenvalue weighted by atomic mass is 9.87. The second-order valence-corrected chi connectivity index (χ2v) is 4.85. The van der Waals surface area contributed by atoms with Gasteiger partial charge in [0.05, 0.1) is 0 Å². The number of hydrogen-bond acceptors (Lipinski definition) is 2. The van der Waals surface area contributed by atoms with Crippen molar-refractivity contribution in [1.82, 2.24) is 0 Å². The van der Waals surface area contributed by atoms with Crippen LogP contribution in [-0.2, 0) is 9.53 Å². The first-order chi connectivity index (χ1) is 7.19. The first-order valence-electron chi connectivity index (χ1n) is 4.88. The highest BCUT2D eigenvalue weighted by Crippen LogP contribution is 2.35. The van der Waals surface area contributed by atoms with Gasteiger partial charge in [0.25, 0.3) is 6.43 Å². The maximum absolute atomic E-state index is 12.9. The lowest BCUT2D eigenvalue weighted by molar-refractivity contribution is -0.175. The topological polar surface area (TPSA) is 26.3 Å². The summed E-state index contributed by atoms with van der Waals surface area (Å²) in [5.41, 5.74) is -2.80. The summed E-state index contributed by atoms with van der Waals surface area (Å²) in [4.78, 5) is 11.7. The monoisotopic (exact) mass is 254 g/mol. The van der Waals surface area contributed by atoms with Gasteiger partial charge in [0, 0.05) is 5.88 Å². The van der Waals surface area contributed by atoms with Crippen molar-refractivity contribution in [3.8, 4) is 0 Å². The zero-order chi connectivity index (χ0) is 13.0. The van der Waals surface area contributed by atoms with Gasteiger partial charge in [-0.15, -0.1) is 18.2 Å².